The largest absolute Gasteiger partial charge is 0.311 e. The van der Waals surface area contributed by atoms with Crippen molar-refractivity contribution in [2.45, 2.75) is 51.1 Å². The van der Waals surface area contributed by atoms with Crippen LogP contribution < -0.4 is 5.32 Å². The van der Waals surface area contributed by atoms with Crippen LogP contribution in [-0.2, 0) is 6.54 Å². The van der Waals surface area contributed by atoms with Crippen molar-refractivity contribution >= 4 is 0 Å². The number of benzene rings is 1. The van der Waals surface area contributed by atoms with Gasteiger partial charge in [0.05, 0.1) is 0 Å². The molecule has 0 bridgehead atoms. The first-order valence-corrected chi connectivity index (χ1v) is 9.53. The van der Waals surface area contributed by atoms with Gasteiger partial charge in [-0.25, -0.2) is 0 Å². The van der Waals surface area contributed by atoms with Gasteiger partial charge in [-0.1, -0.05) is 50.1 Å². The van der Waals surface area contributed by atoms with Gasteiger partial charge in [0, 0.05) is 38.3 Å². The molecule has 0 amide bonds. The molecule has 1 heterocycles. The smallest absolute Gasteiger partial charge is 0.0234 e. The van der Waals surface area contributed by atoms with Crippen molar-refractivity contribution in [1.29, 1.82) is 0 Å². The van der Waals surface area contributed by atoms with Gasteiger partial charge in [-0.3, -0.25) is 4.90 Å². The zero-order valence-electron chi connectivity index (χ0n) is 14.8. The number of rotatable bonds is 7. The third-order valence-electron chi connectivity index (χ3n) is 5.73. The van der Waals surface area contributed by atoms with Gasteiger partial charge in [-0.15, -0.1) is 0 Å². The van der Waals surface area contributed by atoms with Crippen LogP contribution in [0, 0.1) is 0 Å². The van der Waals surface area contributed by atoms with Gasteiger partial charge in [0.1, 0.15) is 0 Å². The predicted molar refractivity (Wildman–Crippen MR) is 97.7 cm³/mol. The van der Waals surface area contributed by atoms with Crippen molar-refractivity contribution < 1.29 is 0 Å². The fourth-order valence-electron chi connectivity index (χ4n) is 4.33. The molecular formula is C20H33N3. The molecule has 23 heavy (non-hydrogen) atoms. The molecule has 3 nitrogen and oxygen atoms in total. The van der Waals surface area contributed by atoms with Crippen LogP contribution in [0.15, 0.2) is 30.3 Å². The van der Waals surface area contributed by atoms with E-state index in [2.05, 4.69) is 52.4 Å². The molecule has 1 aromatic rings. The van der Waals surface area contributed by atoms with E-state index in [-0.39, 0.29) is 0 Å². The van der Waals surface area contributed by atoms with Gasteiger partial charge in [0.15, 0.2) is 0 Å². The molecule has 0 radical (unpaired) electrons. The summed E-state index contributed by atoms with van der Waals surface area (Å²) in [6.45, 7) is 10.6. The molecule has 1 saturated heterocycles. The number of nitrogens with zero attached hydrogens (tertiary/aromatic N) is 2. The lowest BCUT2D eigenvalue weighted by Gasteiger charge is -2.37. The summed E-state index contributed by atoms with van der Waals surface area (Å²) in [5, 5.41) is 3.80. The number of piperazine rings is 1. The first-order chi connectivity index (χ1) is 11.3. The summed E-state index contributed by atoms with van der Waals surface area (Å²) < 4.78 is 0. The molecule has 0 aromatic heterocycles. The molecule has 2 fully saturated rings. The summed E-state index contributed by atoms with van der Waals surface area (Å²) in [5.74, 6) is 0. The number of nitrogens with one attached hydrogen (secondary N) is 1. The van der Waals surface area contributed by atoms with E-state index in [1.807, 2.05) is 0 Å². The van der Waals surface area contributed by atoms with Crippen molar-refractivity contribution in [3.05, 3.63) is 35.9 Å². The standard InChI is InChI=1S/C20H33N3/c1-2-21-20(10-6-7-11-20)12-13-22-14-16-23(17-15-22)18-19-8-4-3-5-9-19/h3-5,8-9,21H,2,6-7,10-18H2,1H3. The first kappa shape index (κ1) is 16.9. The van der Waals surface area contributed by atoms with E-state index in [9.17, 15) is 0 Å². The second kappa shape index (κ2) is 8.27. The lowest BCUT2D eigenvalue weighted by molar-refractivity contribution is 0.116. The zero-order chi connectivity index (χ0) is 16.0. The summed E-state index contributed by atoms with van der Waals surface area (Å²) >= 11 is 0. The van der Waals surface area contributed by atoms with Gasteiger partial charge >= 0.3 is 0 Å². The highest BCUT2D eigenvalue weighted by molar-refractivity contribution is 5.14. The van der Waals surface area contributed by atoms with Gasteiger partial charge in [0.25, 0.3) is 0 Å². The molecule has 1 saturated carbocycles. The Hall–Kier alpha value is -0.900. The number of hydrogen-bond donors (Lipinski definition) is 1. The Kier molecular flexibility index (Phi) is 6.09. The normalized spacial score (nSPS) is 22.5. The molecule has 0 atom stereocenters. The van der Waals surface area contributed by atoms with Crippen LogP contribution in [0.5, 0.6) is 0 Å². The Morgan fingerprint density at radius 3 is 2.26 bits per heavy atom. The second-order valence-corrected chi connectivity index (χ2v) is 7.37. The van der Waals surface area contributed by atoms with Gasteiger partial charge in [0.2, 0.25) is 0 Å². The lowest BCUT2D eigenvalue weighted by Crippen LogP contribution is -2.49. The van der Waals surface area contributed by atoms with E-state index >= 15 is 0 Å². The molecule has 128 valence electrons. The Morgan fingerprint density at radius 1 is 0.957 bits per heavy atom. The minimum absolute atomic E-state index is 0.454. The zero-order valence-corrected chi connectivity index (χ0v) is 14.8. The van der Waals surface area contributed by atoms with Crippen LogP contribution in [0.1, 0.15) is 44.6 Å². The van der Waals surface area contributed by atoms with Crippen molar-refractivity contribution in [2.24, 2.45) is 0 Å². The lowest BCUT2D eigenvalue weighted by atomic mass is 9.92. The predicted octanol–water partition coefficient (Wildman–Crippen LogP) is 3.12. The van der Waals surface area contributed by atoms with Gasteiger partial charge in [-0.2, -0.15) is 0 Å². The Bertz CT molecular complexity index is 445. The summed E-state index contributed by atoms with van der Waals surface area (Å²) in [5.41, 5.74) is 1.90. The second-order valence-electron chi connectivity index (χ2n) is 7.37. The van der Waals surface area contributed by atoms with Crippen LogP contribution in [0.3, 0.4) is 0 Å². The van der Waals surface area contributed by atoms with Crippen LogP contribution in [0.25, 0.3) is 0 Å². The highest BCUT2D eigenvalue weighted by atomic mass is 15.3. The Labute approximate surface area is 142 Å². The van der Waals surface area contributed by atoms with Crippen molar-refractivity contribution in [1.82, 2.24) is 15.1 Å². The monoisotopic (exact) mass is 315 g/mol. The SMILES string of the molecule is CCNC1(CCN2CCN(Cc3ccccc3)CC2)CCCC1. The van der Waals surface area contributed by atoms with Crippen LogP contribution >= 0.6 is 0 Å². The van der Waals surface area contributed by atoms with Gasteiger partial charge in [-0.05, 0) is 37.9 Å². The molecule has 3 heteroatoms. The third-order valence-corrected chi connectivity index (χ3v) is 5.73. The third kappa shape index (κ3) is 4.79. The quantitative estimate of drug-likeness (QED) is 0.834. The molecule has 1 aliphatic carbocycles. The molecule has 1 N–H and O–H groups in total. The highest BCUT2D eigenvalue weighted by Gasteiger charge is 2.33. The van der Waals surface area contributed by atoms with Crippen molar-refractivity contribution in [3.63, 3.8) is 0 Å². The van der Waals surface area contributed by atoms with Crippen molar-refractivity contribution in [3.8, 4) is 0 Å². The maximum absolute atomic E-state index is 3.80. The minimum atomic E-state index is 0.454. The van der Waals surface area contributed by atoms with E-state index in [4.69, 9.17) is 0 Å². The summed E-state index contributed by atoms with van der Waals surface area (Å²) in [6.07, 6.45) is 6.93. The van der Waals surface area contributed by atoms with Crippen molar-refractivity contribution in [2.75, 3.05) is 39.3 Å². The van der Waals surface area contributed by atoms with Crippen LogP contribution in [0.4, 0.5) is 0 Å². The topological polar surface area (TPSA) is 18.5 Å². The fraction of sp³-hybridized carbons (Fsp3) is 0.700. The molecular weight excluding hydrogens is 282 g/mol. The molecule has 3 rings (SSSR count). The Morgan fingerprint density at radius 2 is 1.61 bits per heavy atom. The first-order valence-electron chi connectivity index (χ1n) is 9.53. The highest BCUT2D eigenvalue weighted by Crippen LogP contribution is 2.32. The van der Waals surface area contributed by atoms with Crippen LogP contribution in [0.2, 0.25) is 0 Å². The van der Waals surface area contributed by atoms with E-state index < -0.39 is 0 Å². The summed E-state index contributed by atoms with van der Waals surface area (Å²) in [4.78, 5) is 5.28. The van der Waals surface area contributed by atoms with E-state index in [1.165, 1.54) is 70.4 Å². The minimum Gasteiger partial charge on any atom is -0.311 e. The van der Waals surface area contributed by atoms with Crippen LogP contribution in [-0.4, -0.2) is 54.6 Å². The molecule has 2 aliphatic rings. The fourth-order valence-corrected chi connectivity index (χ4v) is 4.33. The molecule has 0 unspecified atom stereocenters. The van der Waals surface area contributed by atoms with E-state index in [1.54, 1.807) is 0 Å². The average molecular weight is 316 g/mol. The average Bonchev–Trinajstić information content (AvgIpc) is 3.05. The summed E-state index contributed by atoms with van der Waals surface area (Å²) in [6, 6.07) is 10.9. The number of hydrogen-bond acceptors (Lipinski definition) is 3. The molecule has 0 spiro atoms. The van der Waals surface area contributed by atoms with E-state index in [0.717, 1.165) is 13.1 Å². The molecule has 1 aliphatic heterocycles. The Balaban J connectivity index is 1.40. The van der Waals surface area contributed by atoms with E-state index in [0.29, 0.717) is 5.54 Å². The summed E-state index contributed by atoms with van der Waals surface area (Å²) in [7, 11) is 0. The maximum atomic E-state index is 3.80. The maximum Gasteiger partial charge on any atom is 0.0234 e. The molecule has 1 aromatic carbocycles. The van der Waals surface area contributed by atoms with Gasteiger partial charge < -0.3 is 10.2 Å².